The van der Waals surface area contributed by atoms with Gasteiger partial charge in [0.05, 0.1) is 5.56 Å². The third kappa shape index (κ3) is 2.20. The van der Waals surface area contributed by atoms with Gasteiger partial charge in [0.25, 0.3) is 0 Å². The molecule has 1 aromatic rings. The second-order valence-electron chi connectivity index (χ2n) is 3.85. The van der Waals surface area contributed by atoms with E-state index in [1.165, 1.54) is 11.0 Å². The highest BCUT2D eigenvalue weighted by Crippen LogP contribution is 2.38. The first-order chi connectivity index (χ1) is 7.89. The average Bonchev–Trinajstić information content (AvgIpc) is 2.62. The van der Waals surface area contributed by atoms with Crippen LogP contribution in [-0.2, 0) is 11.0 Å². The van der Waals surface area contributed by atoms with E-state index in [9.17, 15) is 23.1 Å². The molecule has 0 aliphatic carbocycles. The molecule has 1 aliphatic rings. The highest BCUT2D eigenvalue weighted by Gasteiger charge is 2.34. The predicted molar refractivity (Wildman–Crippen MR) is 54.7 cm³/mol. The van der Waals surface area contributed by atoms with Crippen LogP contribution in [0.1, 0.15) is 18.4 Å². The van der Waals surface area contributed by atoms with Gasteiger partial charge in [-0.05, 0) is 18.6 Å². The number of aromatic hydroxyl groups is 1. The largest absolute Gasteiger partial charge is 0.507 e. The second-order valence-corrected chi connectivity index (χ2v) is 3.85. The first-order valence-corrected chi connectivity index (χ1v) is 5.10. The van der Waals surface area contributed by atoms with E-state index in [1.54, 1.807) is 0 Å². The van der Waals surface area contributed by atoms with Crippen molar-refractivity contribution in [2.75, 3.05) is 11.4 Å². The SMILES string of the molecule is O=C1CCCN1c1ccc(C(F)(F)F)c(O)c1. The van der Waals surface area contributed by atoms with Crippen molar-refractivity contribution in [3.63, 3.8) is 0 Å². The van der Waals surface area contributed by atoms with Crippen molar-refractivity contribution >= 4 is 11.6 Å². The van der Waals surface area contributed by atoms with Crippen LogP contribution in [0.15, 0.2) is 18.2 Å². The van der Waals surface area contributed by atoms with Gasteiger partial charge in [-0.25, -0.2) is 0 Å². The molecule has 0 atom stereocenters. The molecule has 1 fully saturated rings. The highest BCUT2D eigenvalue weighted by atomic mass is 19.4. The molecule has 0 aromatic heterocycles. The molecule has 1 saturated heterocycles. The van der Waals surface area contributed by atoms with Crippen LogP contribution in [0.25, 0.3) is 0 Å². The molecule has 3 nitrogen and oxygen atoms in total. The fourth-order valence-electron chi connectivity index (χ4n) is 1.85. The van der Waals surface area contributed by atoms with Gasteiger partial charge < -0.3 is 10.0 Å². The molecule has 1 amide bonds. The van der Waals surface area contributed by atoms with Crippen molar-refractivity contribution in [1.29, 1.82) is 0 Å². The van der Waals surface area contributed by atoms with Crippen molar-refractivity contribution in [3.05, 3.63) is 23.8 Å². The minimum atomic E-state index is -4.59. The third-order valence-corrected chi connectivity index (χ3v) is 2.67. The zero-order valence-corrected chi connectivity index (χ0v) is 8.79. The third-order valence-electron chi connectivity index (χ3n) is 2.67. The monoisotopic (exact) mass is 245 g/mol. The summed E-state index contributed by atoms with van der Waals surface area (Å²) in [5.74, 6) is -0.987. The second kappa shape index (κ2) is 3.94. The van der Waals surface area contributed by atoms with Crippen molar-refractivity contribution in [2.45, 2.75) is 19.0 Å². The Balaban J connectivity index is 2.34. The van der Waals surface area contributed by atoms with Gasteiger partial charge in [0.15, 0.2) is 0 Å². The molecule has 0 radical (unpaired) electrons. The number of phenolic OH excluding ortho intramolecular Hbond substituents is 1. The summed E-state index contributed by atoms with van der Waals surface area (Å²) >= 11 is 0. The fraction of sp³-hybridized carbons (Fsp3) is 0.364. The van der Waals surface area contributed by atoms with Crippen LogP contribution in [-0.4, -0.2) is 17.6 Å². The van der Waals surface area contributed by atoms with Gasteiger partial charge in [0.1, 0.15) is 5.75 Å². The van der Waals surface area contributed by atoms with E-state index in [4.69, 9.17) is 0 Å². The Kier molecular flexibility index (Phi) is 2.73. The van der Waals surface area contributed by atoms with E-state index in [0.29, 0.717) is 25.1 Å². The number of hydrogen-bond donors (Lipinski definition) is 1. The summed E-state index contributed by atoms with van der Waals surface area (Å²) in [5.41, 5.74) is -0.786. The zero-order chi connectivity index (χ0) is 12.6. The normalized spacial score (nSPS) is 16.6. The van der Waals surface area contributed by atoms with E-state index in [0.717, 1.165) is 12.1 Å². The Hall–Kier alpha value is -1.72. The number of carbonyl (C=O) groups excluding carboxylic acids is 1. The number of rotatable bonds is 1. The van der Waals surface area contributed by atoms with Crippen LogP contribution in [0, 0.1) is 0 Å². The van der Waals surface area contributed by atoms with Crippen LogP contribution in [0.4, 0.5) is 18.9 Å². The minimum Gasteiger partial charge on any atom is -0.507 e. The molecule has 1 N–H and O–H groups in total. The molecule has 0 saturated carbocycles. The summed E-state index contributed by atoms with van der Waals surface area (Å²) in [6.45, 7) is 0.476. The molecule has 1 heterocycles. The number of halogens is 3. The molecule has 1 aromatic carbocycles. The van der Waals surface area contributed by atoms with Crippen LogP contribution in [0.3, 0.4) is 0 Å². The van der Waals surface area contributed by atoms with Crippen LogP contribution in [0.2, 0.25) is 0 Å². The van der Waals surface area contributed by atoms with E-state index in [-0.39, 0.29) is 5.91 Å². The maximum Gasteiger partial charge on any atom is 0.419 e. The average molecular weight is 245 g/mol. The molecule has 0 spiro atoms. The predicted octanol–water partition coefficient (Wildman–Crippen LogP) is 2.54. The Labute approximate surface area is 95.5 Å². The first-order valence-electron chi connectivity index (χ1n) is 5.10. The van der Waals surface area contributed by atoms with Crippen molar-refractivity contribution in [2.24, 2.45) is 0 Å². The summed E-state index contributed by atoms with van der Waals surface area (Å²) < 4.78 is 37.2. The quantitative estimate of drug-likeness (QED) is 0.825. The Morgan fingerprint density at radius 3 is 2.47 bits per heavy atom. The number of anilines is 1. The van der Waals surface area contributed by atoms with E-state index >= 15 is 0 Å². The molecular weight excluding hydrogens is 235 g/mol. The topological polar surface area (TPSA) is 40.5 Å². The van der Waals surface area contributed by atoms with Gasteiger partial charge in [0, 0.05) is 24.7 Å². The Morgan fingerprint density at radius 2 is 2.00 bits per heavy atom. The van der Waals surface area contributed by atoms with Crippen molar-refractivity contribution in [1.82, 2.24) is 0 Å². The summed E-state index contributed by atoms with van der Waals surface area (Å²) in [4.78, 5) is 12.8. The number of hydrogen-bond acceptors (Lipinski definition) is 2. The Morgan fingerprint density at radius 1 is 1.29 bits per heavy atom. The lowest BCUT2D eigenvalue weighted by molar-refractivity contribution is -0.138. The number of carbonyl (C=O) groups is 1. The van der Waals surface area contributed by atoms with Crippen molar-refractivity contribution < 1.29 is 23.1 Å². The zero-order valence-electron chi connectivity index (χ0n) is 8.79. The maximum absolute atomic E-state index is 12.4. The van der Waals surface area contributed by atoms with E-state index < -0.39 is 17.5 Å². The number of phenols is 1. The smallest absolute Gasteiger partial charge is 0.419 e. The summed E-state index contributed by atoms with van der Waals surface area (Å²) in [6.07, 6.45) is -3.51. The lowest BCUT2D eigenvalue weighted by Crippen LogP contribution is -2.23. The van der Waals surface area contributed by atoms with Crippen molar-refractivity contribution in [3.8, 4) is 5.75 Å². The maximum atomic E-state index is 12.4. The van der Waals surface area contributed by atoms with Gasteiger partial charge in [-0.3, -0.25) is 4.79 Å². The Bertz CT molecular complexity index is 457. The summed E-state index contributed by atoms with van der Waals surface area (Å²) in [6, 6.07) is 2.97. The molecule has 0 bridgehead atoms. The van der Waals surface area contributed by atoms with E-state index in [1.807, 2.05) is 0 Å². The first kappa shape index (κ1) is 11.8. The van der Waals surface area contributed by atoms with Gasteiger partial charge in [0.2, 0.25) is 5.91 Å². The summed E-state index contributed by atoms with van der Waals surface area (Å²) in [7, 11) is 0. The number of benzene rings is 1. The minimum absolute atomic E-state index is 0.135. The molecular formula is C11H10F3NO2. The molecule has 92 valence electrons. The van der Waals surface area contributed by atoms with Crippen LogP contribution >= 0.6 is 0 Å². The lowest BCUT2D eigenvalue weighted by atomic mass is 10.1. The van der Waals surface area contributed by atoms with Crippen LogP contribution in [0.5, 0.6) is 5.75 Å². The van der Waals surface area contributed by atoms with Gasteiger partial charge >= 0.3 is 6.18 Å². The molecule has 17 heavy (non-hydrogen) atoms. The molecule has 0 unspecified atom stereocenters. The fourth-order valence-corrected chi connectivity index (χ4v) is 1.85. The molecule has 1 aliphatic heterocycles. The highest BCUT2D eigenvalue weighted by molar-refractivity contribution is 5.95. The number of amides is 1. The van der Waals surface area contributed by atoms with Crippen LogP contribution < -0.4 is 4.90 Å². The number of nitrogens with zero attached hydrogens (tertiary/aromatic N) is 1. The number of alkyl halides is 3. The van der Waals surface area contributed by atoms with Gasteiger partial charge in [-0.15, -0.1) is 0 Å². The summed E-state index contributed by atoms with van der Waals surface area (Å²) in [5, 5.41) is 9.32. The van der Waals surface area contributed by atoms with Gasteiger partial charge in [-0.1, -0.05) is 0 Å². The van der Waals surface area contributed by atoms with E-state index in [2.05, 4.69) is 0 Å². The lowest BCUT2D eigenvalue weighted by Gasteiger charge is -2.17. The molecule has 2 rings (SSSR count). The van der Waals surface area contributed by atoms with Gasteiger partial charge in [-0.2, -0.15) is 13.2 Å². The standard InChI is InChI=1S/C11H10F3NO2/c12-11(13,14)8-4-3-7(6-9(8)16)15-5-1-2-10(15)17/h3-4,6,16H,1-2,5H2. The molecule has 6 heteroatoms.